The molecule has 128 valence electrons. The molecular formula is C17H12Cl2FN3O2. The standard InChI is InChI=1S/C17H12Cl2FN3O2/c1-10-15(17(24)25-9-11-2-7-14(18)21-8-11)16(19)23(22-10)13-5-3-12(20)4-6-13/h2-8H,9H2,1H3. The van der Waals surface area contributed by atoms with Gasteiger partial charge < -0.3 is 4.74 Å². The van der Waals surface area contributed by atoms with Crippen LogP contribution in [-0.2, 0) is 11.3 Å². The number of hydrogen-bond donors (Lipinski definition) is 0. The molecule has 0 radical (unpaired) electrons. The van der Waals surface area contributed by atoms with Gasteiger partial charge in [-0.3, -0.25) is 0 Å². The van der Waals surface area contributed by atoms with E-state index in [9.17, 15) is 9.18 Å². The third kappa shape index (κ3) is 3.81. The summed E-state index contributed by atoms with van der Waals surface area (Å²) in [5.41, 5.74) is 1.80. The van der Waals surface area contributed by atoms with E-state index >= 15 is 0 Å². The molecule has 3 rings (SSSR count). The molecule has 0 amide bonds. The van der Waals surface area contributed by atoms with Crippen LogP contribution in [0.2, 0.25) is 10.3 Å². The molecule has 2 aromatic heterocycles. The lowest BCUT2D eigenvalue weighted by Crippen LogP contribution is -2.07. The first-order valence-corrected chi connectivity index (χ1v) is 8.00. The number of nitrogens with zero attached hydrogens (tertiary/aromatic N) is 3. The highest BCUT2D eigenvalue weighted by atomic mass is 35.5. The fourth-order valence-electron chi connectivity index (χ4n) is 2.20. The van der Waals surface area contributed by atoms with E-state index in [2.05, 4.69) is 10.1 Å². The number of carbonyl (C=O) groups is 1. The van der Waals surface area contributed by atoms with E-state index in [1.165, 1.54) is 35.1 Å². The molecule has 3 aromatic rings. The minimum absolute atomic E-state index is 0.0283. The highest BCUT2D eigenvalue weighted by molar-refractivity contribution is 6.33. The highest BCUT2D eigenvalue weighted by Crippen LogP contribution is 2.24. The van der Waals surface area contributed by atoms with Crippen LogP contribution in [0.25, 0.3) is 5.69 Å². The van der Waals surface area contributed by atoms with Crippen LogP contribution < -0.4 is 0 Å². The Balaban J connectivity index is 1.81. The zero-order valence-corrected chi connectivity index (χ0v) is 14.6. The summed E-state index contributed by atoms with van der Waals surface area (Å²) >= 11 is 12.0. The number of benzene rings is 1. The highest BCUT2D eigenvalue weighted by Gasteiger charge is 2.22. The minimum Gasteiger partial charge on any atom is -0.457 e. The van der Waals surface area contributed by atoms with Gasteiger partial charge in [0.2, 0.25) is 0 Å². The molecular weight excluding hydrogens is 368 g/mol. The van der Waals surface area contributed by atoms with Crippen LogP contribution in [0.3, 0.4) is 0 Å². The van der Waals surface area contributed by atoms with Crippen molar-refractivity contribution in [1.82, 2.24) is 14.8 Å². The van der Waals surface area contributed by atoms with Gasteiger partial charge in [-0.05, 0) is 37.3 Å². The summed E-state index contributed by atoms with van der Waals surface area (Å²) in [5, 5.41) is 4.69. The zero-order chi connectivity index (χ0) is 18.0. The van der Waals surface area contributed by atoms with Gasteiger partial charge in [0, 0.05) is 11.8 Å². The monoisotopic (exact) mass is 379 g/mol. The number of ether oxygens (including phenoxy) is 1. The summed E-state index contributed by atoms with van der Waals surface area (Å²) in [6.45, 7) is 1.67. The van der Waals surface area contributed by atoms with Gasteiger partial charge in [-0.15, -0.1) is 0 Å². The lowest BCUT2D eigenvalue weighted by molar-refractivity contribution is 0.0471. The van der Waals surface area contributed by atoms with E-state index < -0.39 is 5.97 Å². The molecule has 0 saturated carbocycles. The van der Waals surface area contributed by atoms with E-state index in [0.717, 1.165) is 0 Å². The van der Waals surface area contributed by atoms with Gasteiger partial charge in [0.05, 0.1) is 11.4 Å². The van der Waals surface area contributed by atoms with Crippen molar-refractivity contribution in [3.05, 3.63) is 75.5 Å². The van der Waals surface area contributed by atoms with E-state index in [1.807, 2.05) is 0 Å². The smallest absolute Gasteiger partial charge is 0.343 e. The van der Waals surface area contributed by atoms with E-state index in [4.69, 9.17) is 27.9 Å². The van der Waals surface area contributed by atoms with Crippen LogP contribution in [0.15, 0.2) is 42.6 Å². The molecule has 5 nitrogen and oxygen atoms in total. The van der Waals surface area contributed by atoms with Crippen molar-refractivity contribution in [2.24, 2.45) is 0 Å². The topological polar surface area (TPSA) is 57.0 Å². The Morgan fingerprint density at radius 3 is 2.56 bits per heavy atom. The second-order valence-electron chi connectivity index (χ2n) is 5.20. The molecule has 2 heterocycles. The maximum atomic E-state index is 13.1. The number of pyridine rings is 1. The number of hydrogen-bond acceptors (Lipinski definition) is 4. The largest absolute Gasteiger partial charge is 0.457 e. The van der Waals surface area contributed by atoms with Gasteiger partial charge in [0.1, 0.15) is 28.3 Å². The number of aromatic nitrogens is 3. The fraction of sp³-hybridized carbons (Fsp3) is 0.118. The Hall–Kier alpha value is -2.44. The van der Waals surface area contributed by atoms with E-state index in [0.29, 0.717) is 22.1 Å². The first-order valence-electron chi connectivity index (χ1n) is 7.24. The lowest BCUT2D eigenvalue weighted by atomic mass is 10.2. The molecule has 0 atom stereocenters. The zero-order valence-electron chi connectivity index (χ0n) is 13.0. The number of aryl methyl sites for hydroxylation is 1. The van der Waals surface area contributed by atoms with Crippen molar-refractivity contribution >= 4 is 29.2 Å². The molecule has 0 aliphatic carbocycles. The Bertz CT molecular complexity index is 909. The van der Waals surface area contributed by atoms with Crippen molar-refractivity contribution in [2.45, 2.75) is 13.5 Å². The quantitative estimate of drug-likeness (QED) is 0.498. The fourth-order valence-corrected chi connectivity index (χ4v) is 2.66. The van der Waals surface area contributed by atoms with Crippen LogP contribution in [0.1, 0.15) is 21.6 Å². The average molecular weight is 380 g/mol. The average Bonchev–Trinajstić information content (AvgIpc) is 2.89. The molecule has 0 fully saturated rings. The molecule has 0 aliphatic rings. The normalized spacial score (nSPS) is 10.7. The van der Waals surface area contributed by atoms with E-state index in [-0.39, 0.29) is 23.1 Å². The summed E-state index contributed by atoms with van der Waals surface area (Å²) in [6.07, 6.45) is 1.52. The molecule has 0 N–H and O–H groups in total. The Kier molecular flexibility index (Phi) is 5.01. The predicted octanol–water partition coefficient (Wildman–Crippen LogP) is 4.38. The van der Waals surface area contributed by atoms with Crippen molar-refractivity contribution in [2.75, 3.05) is 0 Å². The van der Waals surface area contributed by atoms with Crippen LogP contribution in [0, 0.1) is 12.7 Å². The van der Waals surface area contributed by atoms with Gasteiger partial charge in [0.15, 0.2) is 0 Å². The van der Waals surface area contributed by atoms with Crippen molar-refractivity contribution in [3.63, 3.8) is 0 Å². The number of carbonyl (C=O) groups excluding carboxylic acids is 1. The number of rotatable bonds is 4. The van der Waals surface area contributed by atoms with Crippen LogP contribution in [0.5, 0.6) is 0 Å². The summed E-state index contributed by atoms with van der Waals surface area (Å²) in [5.74, 6) is -0.981. The SMILES string of the molecule is Cc1nn(-c2ccc(F)cc2)c(Cl)c1C(=O)OCc1ccc(Cl)nc1. The molecule has 1 aromatic carbocycles. The summed E-state index contributed by atoms with van der Waals surface area (Å²) in [7, 11) is 0. The summed E-state index contributed by atoms with van der Waals surface area (Å²) in [4.78, 5) is 16.3. The van der Waals surface area contributed by atoms with Crippen molar-refractivity contribution < 1.29 is 13.9 Å². The van der Waals surface area contributed by atoms with Crippen LogP contribution in [0.4, 0.5) is 4.39 Å². The third-order valence-electron chi connectivity index (χ3n) is 3.44. The Morgan fingerprint density at radius 1 is 1.20 bits per heavy atom. The van der Waals surface area contributed by atoms with Crippen LogP contribution >= 0.6 is 23.2 Å². The summed E-state index contributed by atoms with van der Waals surface area (Å²) < 4.78 is 19.7. The first kappa shape index (κ1) is 17.4. The maximum Gasteiger partial charge on any atom is 0.343 e. The van der Waals surface area contributed by atoms with Crippen LogP contribution in [-0.4, -0.2) is 20.7 Å². The second kappa shape index (κ2) is 7.21. The Labute approximate surface area is 153 Å². The van der Waals surface area contributed by atoms with Gasteiger partial charge >= 0.3 is 5.97 Å². The lowest BCUT2D eigenvalue weighted by Gasteiger charge is -2.05. The van der Waals surface area contributed by atoms with E-state index in [1.54, 1.807) is 19.1 Å². The molecule has 0 saturated heterocycles. The van der Waals surface area contributed by atoms with Crippen molar-refractivity contribution in [3.8, 4) is 5.69 Å². The number of esters is 1. The molecule has 8 heteroatoms. The maximum absolute atomic E-state index is 13.1. The predicted molar refractivity (Wildman–Crippen MR) is 91.6 cm³/mol. The number of halogens is 3. The molecule has 0 bridgehead atoms. The van der Waals surface area contributed by atoms with Crippen molar-refractivity contribution in [1.29, 1.82) is 0 Å². The molecule has 25 heavy (non-hydrogen) atoms. The molecule has 0 spiro atoms. The van der Waals surface area contributed by atoms with Gasteiger partial charge in [-0.25, -0.2) is 18.9 Å². The third-order valence-corrected chi connectivity index (χ3v) is 4.01. The molecule has 0 aliphatic heterocycles. The van der Waals surface area contributed by atoms with Gasteiger partial charge in [-0.2, -0.15) is 5.10 Å². The molecule has 0 unspecified atom stereocenters. The van der Waals surface area contributed by atoms with Gasteiger partial charge in [0.25, 0.3) is 0 Å². The minimum atomic E-state index is -0.606. The Morgan fingerprint density at radius 2 is 1.92 bits per heavy atom. The first-order chi connectivity index (χ1) is 12.0. The van der Waals surface area contributed by atoms with Gasteiger partial charge in [-0.1, -0.05) is 29.3 Å². The summed E-state index contributed by atoms with van der Waals surface area (Å²) in [6, 6.07) is 8.92. The second-order valence-corrected chi connectivity index (χ2v) is 5.95.